The second-order valence-corrected chi connectivity index (χ2v) is 6.93. The molecule has 0 fully saturated rings. The van der Waals surface area contributed by atoms with Gasteiger partial charge >= 0.3 is 0 Å². The van der Waals surface area contributed by atoms with Crippen molar-refractivity contribution in [3.05, 3.63) is 47.8 Å². The molecular weight excluding hydrogens is 342 g/mol. The Hall–Kier alpha value is -2.70. The molecule has 0 spiro atoms. The molecule has 1 unspecified atom stereocenters. The highest BCUT2D eigenvalue weighted by molar-refractivity contribution is 5.78. The Morgan fingerprint density at radius 2 is 2.11 bits per heavy atom. The molecule has 2 amide bonds. The third-order valence-corrected chi connectivity index (χ3v) is 4.88. The highest BCUT2D eigenvalue weighted by Crippen LogP contribution is 2.25. The third-order valence-electron chi connectivity index (χ3n) is 4.88. The molecule has 1 aliphatic heterocycles. The van der Waals surface area contributed by atoms with Crippen molar-refractivity contribution in [3.8, 4) is 0 Å². The fourth-order valence-corrected chi connectivity index (χ4v) is 3.36. The van der Waals surface area contributed by atoms with E-state index in [9.17, 15) is 9.59 Å². The molecule has 2 aromatic rings. The topological polar surface area (TPSA) is 80.1 Å². The first-order chi connectivity index (χ1) is 13.1. The summed E-state index contributed by atoms with van der Waals surface area (Å²) >= 11 is 0. The van der Waals surface area contributed by atoms with Crippen LogP contribution in [0.4, 0.5) is 0 Å². The first-order valence-electron chi connectivity index (χ1n) is 9.60. The van der Waals surface area contributed by atoms with E-state index in [0.29, 0.717) is 19.5 Å². The van der Waals surface area contributed by atoms with Crippen LogP contribution in [0.1, 0.15) is 56.4 Å². The number of hydrogen-bond acceptors (Lipinski definition) is 4. The summed E-state index contributed by atoms with van der Waals surface area (Å²) in [5.74, 6) is 0.964. The normalized spacial score (nSPS) is 16.1. The Morgan fingerprint density at radius 3 is 2.85 bits per heavy atom. The molecule has 3 rings (SSSR count). The summed E-state index contributed by atoms with van der Waals surface area (Å²) < 4.78 is 2.07. The molecule has 3 heterocycles. The Bertz CT molecular complexity index is 787. The van der Waals surface area contributed by atoms with Crippen molar-refractivity contribution in [2.45, 2.75) is 58.7 Å². The molecule has 27 heavy (non-hydrogen) atoms. The summed E-state index contributed by atoms with van der Waals surface area (Å²) in [5.41, 5.74) is 1.56. The van der Waals surface area contributed by atoms with Crippen molar-refractivity contribution < 1.29 is 9.59 Å². The molecule has 0 saturated heterocycles. The number of amides is 2. The maximum absolute atomic E-state index is 12.4. The number of aromatic nitrogens is 3. The monoisotopic (exact) mass is 369 g/mol. The first-order valence-corrected chi connectivity index (χ1v) is 9.60. The molecule has 2 aromatic heterocycles. The molecule has 0 radical (unpaired) electrons. The van der Waals surface area contributed by atoms with Gasteiger partial charge in [0.05, 0.1) is 30.4 Å². The highest BCUT2D eigenvalue weighted by Gasteiger charge is 2.29. The van der Waals surface area contributed by atoms with E-state index in [-0.39, 0.29) is 24.3 Å². The van der Waals surface area contributed by atoms with Gasteiger partial charge in [-0.15, -0.1) is 0 Å². The van der Waals surface area contributed by atoms with Crippen LogP contribution >= 0.6 is 0 Å². The number of nitrogens with one attached hydrogen (secondary N) is 1. The van der Waals surface area contributed by atoms with Gasteiger partial charge in [0.2, 0.25) is 11.8 Å². The number of nitrogens with zero attached hydrogens (tertiary/aromatic N) is 4. The molecule has 1 atom stereocenters. The zero-order valence-electron chi connectivity index (χ0n) is 16.0. The van der Waals surface area contributed by atoms with E-state index < -0.39 is 0 Å². The predicted molar refractivity (Wildman–Crippen MR) is 102 cm³/mol. The zero-order chi connectivity index (χ0) is 19.2. The number of carbonyl (C=O) groups excluding carboxylic acids is 2. The minimum Gasteiger partial charge on any atom is -0.350 e. The van der Waals surface area contributed by atoms with Gasteiger partial charge in [-0.05, 0) is 25.5 Å². The largest absolute Gasteiger partial charge is 0.350 e. The smallest absolute Gasteiger partial charge is 0.226 e. The van der Waals surface area contributed by atoms with Crippen molar-refractivity contribution in [1.29, 1.82) is 0 Å². The summed E-state index contributed by atoms with van der Waals surface area (Å²) in [5, 5.41) is 2.87. The van der Waals surface area contributed by atoms with Crippen LogP contribution in [0.3, 0.4) is 0 Å². The van der Waals surface area contributed by atoms with E-state index >= 15 is 0 Å². The van der Waals surface area contributed by atoms with Gasteiger partial charge in [-0.2, -0.15) is 0 Å². The summed E-state index contributed by atoms with van der Waals surface area (Å²) in [7, 11) is 0. The van der Waals surface area contributed by atoms with Gasteiger partial charge in [0.25, 0.3) is 0 Å². The van der Waals surface area contributed by atoms with Crippen LogP contribution in [-0.4, -0.2) is 37.8 Å². The van der Waals surface area contributed by atoms with Crippen LogP contribution in [0.2, 0.25) is 0 Å². The van der Waals surface area contributed by atoms with E-state index in [1.165, 1.54) is 0 Å². The van der Waals surface area contributed by atoms with Crippen LogP contribution < -0.4 is 5.32 Å². The second-order valence-electron chi connectivity index (χ2n) is 6.93. The van der Waals surface area contributed by atoms with Gasteiger partial charge in [-0.3, -0.25) is 14.6 Å². The van der Waals surface area contributed by atoms with E-state index in [0.717, 1.165) is 36.6 Å². The van der Waals surface area contributed by atoms with Crippen molar-refractivity contribution >= 4 is 11.8 Å². The maximum Gasteiger partial charge on any atom is 0.226 e. The molecule has 7 nitrogen and oxygen atoms in total. The number of hydrogen-bond donors (Lipinski definition) is 1. The van der Waals surface area contributed by atoms with Crippen LogP contribution in [0, 0.1) is 0 Å². The third kappa shape index (κ3) is 4.72. The predicted octanol–water partition coefficient (Wildman–Crippen LogP) is 2.23. The summed E-state index contributed by atoms with van der Waals surface area (Å²) in [6.45, 7) is 5.92. The number of unbranched alkanes of at least 4 members (excludes halogenated alkanes) is 1. The van der Waals surface area contributed by atoms with E-state index in [1.54, 1.807) is 6.20 Å². The minimum absolute atomic E-state index is 0.0616. The van der Waals surface area contributed by atoms with E-state index in [4.69, 9.17) is 0 Å². The quantitative estimate of drug-likeness (QED) is 0.812. The fourth-order valence-electron chi connectivity index (χ4n) is 3.36. The molecule has 7 heteroatoms. The molecule has 1 N–H and O–H groups in total. The van der Waals surface area contributed by atoms with Crippen molar-refractivity contribution in [2.75, 3.05) is 6.54 Å². The standard InChI is InChI=1S/C20H27N5O2/c1-3-4-8-19(27)25-11-10-24-14-17(23-20(24)15(25)2)12-18(26)22-13-16-7-5-6-9-21-16/h5-7,9,14-15H,3-4,8,10-13H2,1-2H3,(H,22,26). The van der Waals surface area contributed by atoms with Crippen LogP contribution in [-0.2, 0) is 29.1 Å². The number of carbonyl (C=O) groups is 2. The average molecular weight is 369 g/mol. The summed E-state index contributed by atoms with van der Waals surface area (Å²) in [6.07, 6.45) is 6.38. The highest BCUT2D eigenvalue weighted by atomic mass is 16.2. The lowest BCUT2D eigenvalue weighted by Crippen LogP contribution is -2.41. The Kier molecular flexibility index (Phi) is 6.21. The number of fused-ring (bicyclic) bond motifs is 1. The SMILES string of the molecule is CCCCC(=O)N1CCn2cc(CC(=O)NCc3ccccn3)nc2C1C. The van der Waals surface area contributed by atoms with Gasteiger partial charge in [0.1, 0.15) is 5.82 Å². The number of imidazole rings is 1. The molecule has 1 aliphatic rings. The lowest BCUT2D eigenvalue weighted by atomic mass is 10.1. The molecule has 0 saturated carbocycles. The summed E-state index contributed by atoms with van der Waals surface area (Å²) in [6, 6.07) is 5.56. The molecule has 0 aromatic carbocycles. The Morgan fingerprint density at radius 1 is 1.26 bits per heavy atom. The first kappa shape index (κ1) is 19.1. The van der Waals surface area contributed by atoms with Gasteiger partial charge in [0.15, 0.2) is 0 Å². The maximum atomic E-state index is 12.4. The van der Waals surface area contributed by atoms with Gasteiger partial charge in [-0.1, -0.05) is 19.4 Å². The van der Waals surface area contributed by atoms with Gasteiger partial charge in [-0.25, -0.2) is 4.98 Å². The van der Waals surface area contributed by atoms with Crippen LogP contribution in [0.25, 0.3) is 0 Å². The number of pyridine rings is 1. The van der Waals surface area contributed by atoms with Crippen molar-refractivity contribution in [1.82, 2.24) is 24.8 Å². The molecule has 0 aliphatic carbocycles. The fraction of sp³-hybridized carbons (Fsp3) is 0.500. The van der Waals surface area contributed by atoms with Crippen molar-refractivity contribution in [3.63, 3.8) is 0 Å². The zero-order valence-corrected chi connectivity index (χ0v) is 16.0. The van der Waals surface area contributed by atoms with Gasteiger partial charge in [0, 0.05) is 31.9 Å². The Balaban J connectivity index is 1.58. The van der Waals surface area contributed by atoms with E-state index in [2.05, 4.69) is 26.8 Å². The average Bonchev–Trinajstić information content (AvgIpc) is 3.09. The van der Waals surface area contributed by atoms with Gasteiger partial charge < -0.3 is 14.8 Å². The second kappa shape index (κ2) is 8.79. The molecule has 0 bridgehead atoms. The minimum atomic E-state index is -0.0837. The van der Waals surface area contributed by atoms with Crippen LogP contribution in [0.5, 0.6) is 0 Å². The molecular formula is C20H27N5O2. The summed E-state index contributed by atoms with van der Waals surface area (Å²) in [4.78, 5) is 35.4. The van der Waals surface area contributed by atoms with E-state index in [1.807, 2.05) is 36.2 Å². The van der Waals surface area contributed by atoms with Crippen LogP contribution in [0.15, 0.2) is 30.6 Å². The lowest BCUT2D eigenvalue weighted by molar-refractivity contribution is -0.134. The molecule has 144 valence electrons. The van der Waals surface area contributed by atoms with Crippen molar-refractivity contribution in [2.24, 2.45) is 0 Å². The lowest BCUT2D eigenvalue weighted by Gasteiger charge is -2.33. The number of rotatable bonds is 7. The Labute approximate surface area is 159 Å².